The maximum absolute atomic E-state index is 13.6. The number of carboxylic acid groups (broad SMARTS) is 1. The summed E-state index contributed by atoms with van der Waals surface area (Å²) < 4.78 is 34.0. The van der Waals surface area contributed by atoms with Gasteiger partial charge in [0.1, 0.15) is 5.75 Å². The Labute approximate surface area is 204 Å². The molecule has 6 nitrogen and oxygen atoms in total. The summed E-state index contributed by atoms with van der Waals surface area (Å²) >= 11 is 6.12. The van der Waals surface area contributed by atoms with Gasteiger partial charge in [0.2, 0.25) is 0 Å². The predicted molar refractivity (Wildman–Crippen MR) is 133 cm³/mol. The van der Waals surface area contributed by atoms with Gasteiger partial charge in [-0.2, -0.15) is 0 Å². The highest BCUT2D eigenvalue weighted by Crippen LogP contribution is 2.45. The molecule has 0 fully saturated rings. The predicted octanol–water partition coefficient (Wildman–Crippen LogP) is 5.57. The SMILES string of the molecule is Cc1cc(S(=O)(=O)N2CC(C)(C)c3cc(-c4ccc(Cl)cc4C)ccc32)ccc1OCC(=O)O. The largest absolute Gasteiger partial charge is 0.482 e. The smallest absolute Gasteiger partial charge is 0.341 e. The van der Waals surface area contributed by atoms with Gasteiger partial charge in [0.15, 0.2) is 6.61 Å². The van der Waals surface area contributed by atoms with Crippen molar-refractivity contribution in [2.45, 2.75) is 38.0 Å². The molecule has 3 aromatic rings. The Bertz CT molecular complexity index is 1400. The van der Waals surface area contributed by atoms with Gasteiger partial charge >= 0.3 is 5.97 Å². The fourth-order valence-corrected chi connectivity index (χ4v) is 6.33. The Morgan fingerprint density at radius 2 is 1.79 bits per heavy atom. The topological polar surface area (TPSA) is 83.9 Å². The third-order valence-corrected chi connectivity index (χ3v) is 8.11. The Kier molecular flexibility index (Phi) is 6.12. The number of nitrogens with zero attached hydrogens (tertiary/aromatic N) is 1. The molecule has 3 aromatic carbocycles. The molecular formula is C26H26ClNO5S. The molecule has 0 spiro atoms. The van der Waals surface area contributed by atoms with E-state index in [2.05, 4.69) is 6.07 Å². The van der Waals surface area contributed by atoms with Crippen LogP contribution in [0, 0.1) is 13.8 Å². The molecule has 0 bridgehead atoms. The monoisotopic (exact) mass is 499 g/mol. The van der Waals surface area contributed by atoms with Crippen molar-refractivity contribution >= 4 is 33.3 Å². The molecule has 34 heavy (non-hydrogen) atoms. The minimum absolute atomic E-state index is 0.133. The van der Waals surface area contributed by atoms with Gasteiger partial charge in [-0.05, 0) is 84.1 Å². The van der Waals surface area contributed by atoms with Crippen LogP contribution in [0.25, 0.3) is 11.1 Å². The molecule has 4 rings (SSSR count). The molecular weight excluding hydrogens is 474 g/mol. The number of hydrogen-bond acceptors (Lipinski definition) is 4. The van der Waals surface area contributed by atoms with Crippen molar-refractivity contribution in [1.29, 1.82) is 0 Å². The summed E-state index contributed by atoms with van der Waals surface area (Å²) in [5.74, 6) is -0.758. The zero-order valence-electron chi connectivity index (χ0n) is 19.4. The van der Waals surface area contributed by atoms with Crippen molar-refractivity contribution in [2.24, 2.45) is 0 Å². The third kappa shape index (κ3) is 4.38. The van der Waals surface area contributed by atoms with E-state index < -0.39 is 28.0 Å². The molecule has 0 aliphatic carbocycles. The molecule has 0 saturated carbocycles. The molecule has 1 heterocycles. The second kappa shape index (κ2) is 8.64. The van der Waals surface area contributed by atoms with Gasteiger partial charge in [-0.3, -0.25) is 4.31 Å². The van der Waals surface area contributed by atoms with E-state index in [1.807, 2.05) is 51.1 Å². The molecule has 0 unspecified atom stereocenters. The van der Waals surface area contributed by atoms with Crippen LogP contribution in [0.2, 0.25) is 5.02 Å². The zero-order chi connectivity index (χ0) is 24.8. The summed E-state index contributed by atoms with van der Waals surface area (Å²) in [6.07, 6.45) is 0. The zero-order valence-corrected chi connectivity index (χ0v) is 21.0. The summed E-state index contributed by atoms with van der Waals surface area (Å²) in [5.41, 5.74) is 4.89. The highest BCUT2D eigenvalue weighted by atomic mass is 35.5. The molecule has 0 atom stereocenters. The van der Waals surface area contributed by atoms with Crippen molar-refractivity contribution in [1.82, 2.24) is 0 Å². The summed E-state index contributed by atoms with van der Waals surface area (Å²) in [4.78, 5) is 10.9. The lowest BCUT2D eigenvalue weighted by molar-refractivity contribution is -0.139. The van der Waals surface area contributed by atoms with Gasteiger partial charge in [-0.15, -0.1) is 0 Å². The number of anilines is 1. The second-order valence-corrected chi connectivity index (χ2v) is 11.5. The van der Waals surface area contributed by atoms with E-state index in [4.69, 9.17) is 21.4 Å². The molecule has 1 aliphatic rings. The first-order valence-corrected chi connectivity index (χ1v) is 12.6. The van der Waals surface area contributed by atoms with Crippen LogP contribution < -0.4 is 9.04 Å². The van der Waals surface area contributed by atoms with Crippen LogP contribution in [0.5, 0.6) is 5.75 Å². The van der Waals surface area contributed by atoms with E-state index in [9.17, 15) is 13.2 Å². The summed E-state index contributed by atoms with van der Waals surface area (Å²) in [5, 5.41) is 9.50. The normalized spacial score (nSPS) is 14.7. The van der Waals surface area contributed by atoms with Gasteiger partial charge in [0.05, 0.1) is 10.6 Å². The summed E-state index contributed by atoms with van der Waals surface area (Å²) in [6.45, 7) is 7.59. The van der Waals surface area contributed by atoms with Crippen LogP contribution in [-0.4, -0.2) is 32.6 Å². The van der Waals surface area contributed by atoms with Gasteiger partial charge in [-0.1, -0.05) is 37.6 Å². The van der Waals surface area contributed by atoms with Crippen LogP contribution in [0.4, 0.5) is 5.69 Å². The third-order valence-electron chi connectivity index (χ3n) is 6.12. The number of fused-ring (bicyclic) bond motifs is 1. The molecule has 1 aliphatic heterocycles. The molecule has 1 N–H and O–H groups in total. The van der Waals surface area contributed by atoms with Crippen LogP contribution in [-0.2, 0) is 20.2 Å². The van der Waals surface area contributed by atoms with E-state index in [0.717, 1.165) is 22.3 Å². The maximum Gasteiger partial charge on any atom is 0.341 e. The molecule has 0 aromatic heterocycles. The maximum atomic E-state index is 13.6. The van der Waals surface area contributed by atoms with Crippen LogP contribution >= 0.6 is 11.6 Å². The van der Waals surface area contributed by atoms with Crippen molar-refractivity contribution < 1.29 is 23.1 Å². The number of aryl methyl sites for hydroxylation is 2. The standard InChI is InChI=1S/C26H26ClNO5S/c1-16-11-19(27)6-8-21(16)18-5-9-23-22(13-18)26(3,4)15-28(23)34(31,32)20-7-10-24(17(2)12-20)33-14-25(29)30/h5-13H,14-15H2,1-4H3,(H,29,30). The number of benzene rings is 3. The number of carboxylic acids is 1. The van der Waals surface area contributed by atoms with E-state index in [1.54, 1.807) is 6.92 Å². The second-order valence-electron chi connectivity index (χ2n) is 9.20. The first-order valence-electron chi connectivity index (χ1n) is 10.8. The fourth-order valence-electron chi connectivity index (χ4n) is 4.37. The number of ether oxygens (including phenoxy) is 1. The van der Waals surface area contributed by atoms with Crippen molar-refractivity contribution in [3.05, 3.63) is 76.3 Å². The van der Waals surface area contributed by atoms with E-state index in [-0.39, 0.29) is 4.90 Å². The number of carbonyl (C=O) groups is 1. The Morgan fingerprint density at radius 3 is 2.44 bits per heavy atom. The Balaban J connectivity index is 1.72. The average molecular weight is 500 g/mol. The van der Waals surface area contributed by atoms with Gasteiger partial charge in [0.25, 0.3) is 10.0 Å². The number of rotatable bonds is 6. The molecule has 0 radical (unpaired) electrons. The highest BCUT2D eigenvalue weighted by molar-refractivity contribution is 7.92. The molecule has 0 amide bonds. The summed E-state index contributed by atoms with van der Waals surface area (Å²) in [6, 6.07) is 16.1. The van der Waals surface area contributed by atoms with Crippen LogP contribution in [0.1, 0.15) is 30.5 Å². The quantitative estimate of drug-likeness (QED) is 0.479. The lowest BCUT2D eigenvalue weighted by Crippen LogP contribution is -2.34. The van der Waals surface area contributed by atoms with Gasteiger partial charge < -0.3 is 9.84 Å². The first kappa shape index (κ1) is 24.1. The average Bonchev–Trinajstić information content (AvgIpc) is 3.04. The minimum Gasteiger partial charge on any atom is -0.482 e. The molecule has 8 heteroatoms. The molecule has 0 saturated heterocycles. The van der Waals surface area contributed by atoms with Crippen LogP contribution in [0.3, 0.4) is 0 Å². The number of halogens is 1. The first-order chi connectivity index (χ1) is 15.9. The van der Waals surface area contributed by atoms with E-state index in [1.165, 1.54) is 22.5 Å². The van der Waals surface area contributed by atoms with Gasteiger partial charge in [-0.25, -0.2) is 13.2 Å². The van der Waals surface area contributed by atoms with Crippen molar-refractivity contribution in [2.75, 3.05) is 17.5 Å². The Hall–Kier alpha value is -3.03. The lowest BCUT2D eigenvalue weighted by atomic mass is 9.85. The van der Waals surface area contributed by atoms with E-state index >= 15 is 0 Å². The van der Waals surface area contributed by atoms with E-state index in [0.29, 0.717) is 28.6 Å². The number of aliphatic carboxylic acids is 1. The van der Waals surface area contributed by atoms with Gasteiger partial charge in [0, 0.05) is 17.0 Å². The summed E-state index contributed by atoms with van der Waals surface area (Å²) in [7, 11) is -3.84. The fraction of sp³-hybridized carbons (Fsp3) is 0.269. The van der Waals surface area contributed by atoms with Crippen molar-refractivity contribution in [3.63, 3.8) is 0 Å². The molecule has 178 valence electrons. The minimum atomic E-state index is -3.84. The number of hydrogen-bond donors (Lipinski definition) is 1. The number of sulfonamides is 1. The Morgan fingerprint density at radius 1 is 1.06 bits per heavy atom. The lowest BCUT2D eigenvalue weighted by Gasteiger charge is -2.22. The van der Waals surface area contributed by atoms with Crippen LogP contribution in [0.15, 0.2) is 59.5 Å². The van der Waals surface area contributed by atoms with Crippen molar-refractivity contribution in [3.8, 4) is 16.9 Å². The highest BCUT2D eigenvalue weighted by Gasteiger charge is 2.41.